The Balaban J connectivity index is 2.42. The van der Waals surface area contributed by atoms with Crippen molar-refractivity contribution in [1.29, 1.82) is 0 Å². The van der Waals surface area contributed by atoms with Crippen LogP contribution in [0.1, 0.15) is 10.4 Å². The van der Waals surface area contributed by atoms with Crippen molar-refractivity contribution in [2.45, 2.75) is 4.90 Å². The number of aromatic nitrogens is 2. The number of para-hydroxylation sites is 2. The number of sulfone groups is 1. The summed E-state index contributed by atoms with van der Waals surface area (Å²) in [4.78, 5) is 26.5. The molecule has 0 amide bonds. The minimum Gasteiger partial charge on any atom is -0.465 e. The first-order valence-corrected chi connectivity index (χ1v) is 9.16. The zero-order valence-corrected chi connectivity index (χ0v) is 14.6. The Morgan fingerprint density at radius 1 is 1.27 bits per heavy atom. The fourth-order valence-electron chi connectivity index (χ4n) is 2.62. The molecule has 134 valence electrons. The normalized spacial score (nSPS) is 11.5. The number of hydrogen-bond donors (Lipinski definition) is 0. The summed E-state index contributed by atoms with van der Waals surface area (Å²) in [5, 5.41) is 11.4. The molecule has 0 aliphatic rings. The number of methoxy groups -OCH3 is 1. The summed E-state index contributed by atoms with van der Waals surface area (Å²) in [5.41, 5.74) is 0.188. The molecule has 0 atom stereocenters. The van der Waals surface area contributed by atoms with Crippen molar-refractivity contribution in [3.05, 3.63) is 58.4 Å². The molecule has 0 aliphatic heterocycles. The molecule has 1 heterocycles. The number of nitro benzene ring substituents is 1. The number of carbonyl (C=O) groups excluding carboxylic acids is 1. The largest absolute Gasteiger partial charge is 0.465 e. The molecule has 9 nitrogen and oxygen atoms in total. The van der Waals surface area contributed by atoms with Gasteiger partial charge >= 0.3 is 5.97 Å². The van der Waals surface area contributed by atoms with Crippen LogP contribution in [-0.2, 0) is 14.6 Å². The van der Waals surface area contributed by atoms with Crippen molar-refractivity contribution in [2.75, 3.05) is 13.4 Å². The van der Waals surface area contributed by atoms with Crippen LogP contribution < -0.4 is 0 Å². The van der Waals surface area contributed by atoms with Gasteiger partial charge in [0, 0.05) is 12.3 Å². The van der Waals surface area contributed by atoms with Gasteiger partial charge in [-0.15, -0.1) is 0 Å². The molecule has 0 saturated carbocycles. The van der Waals surface area contributed by atoms with Crippen LogP contribution in [0.15, 0.2) is 47.6 Å². The first-order valence-electron chi connectivity index (χ1n) is 7.27. The molecule has 3 rings (SSSR count). The first kappa shape index (κ1) is 17.5. The van der Waals surface area contributed by atoms with Crippen molar-refractivity contribution in [1.82, 2.24) is 9.55 Å². The highest BCUT2D eigenvalue weighted by molar-refractivity contribution is 7.90. The average molecular weight is 375 g/mol. The third-order valence-corrected chi connectivity index (χ3v) is 4.92. The summed E-state index contributed by atoms with van der Waals surface area (Å²) in [6.45, 7) is 0. The molecule has 2 aromatic carbocycles. The topological polar surface area (TPSA) is 121 Å². The molecule has 0 radical (unpaired) electrons. The smallest absolute Gasteiger partial charge is 0.344 e. The van der Waals surface area contributed by atoms with Crippen LogP contribution in [0, 0.1) is 10.1 Å². The molecule has 0 N–H and O–H groups in total. The van der Waals surface area contributed by atoms with E-state index in [9.17, 15) is 23.3 Å². The number of carbonyl (C=O) groups is 1. The molecule has 26 heavy (non-hydrogen) atoms. The maximum absolute atomic E-state index is 12.3. The predicted molar refractivity (Wildman–Crippen MR) is 92.2 cm³/mol. The Morgan fingerprint density at radius 3 is 2.58 bits per heavy atom. The molecular formula is C16H13N3O6S. The predicted octanol–water partition coefficient (Wildman–Crippen LogP) is 2.12. The van der Waals surface area contributed by atoms with Gasteiger partial charge in [0.05, 0.1) is 33.6 Å². The monoisotopic (exact) mass is 375 g/mol. The van der Waals surface area contributed by atoms with E-state index in [-0.39, 0.29) is 10.6 Å². The number of rotatable bonds is 4. The second kappa shape index (κ2) is 6.23. The van der Waals surface area contributed by atoms with E-state index in [0.29, 0.717) is 11.0 Å². The van der Waals surface area contributed by atoms with E-state index >= 15 is 0 Å². The Kier molecular flexibility index (Phi) is 4.20. The van der Waals surface area contributed by atoms with Crippen LogP contribution in [0.4, 0.5) is 5.69 Å². The number of imidazole rings is 1. The minimum absolute atomic E-state index is 0.0283. The number of hydrogen-bond acceptors (Lipinski definition) is 7. The lowest BCUT2D eigenvalue weighted by Crippen LogP contribution is -2.12. The number of nitro groups is 1. The maximum atomic E-state index is 12.3. The molecule has 10 heteroatoms. The molecule has 3 aromatic rings. The highest BCUT2D eigenvalue weighted by Gasteiger charge is 2.28. The number of esters is 1. The Hall–Kier alpha value is -3.27. The van der Waals surface area contributed by atoms with Crippen molar-refractivity contribution >= 4 is 32.5 Å². The van der Waals surface area contributed by atoms with Crippen molar-refractivity contribution < 1.29 is 22.9 Å². The first-order chi connectivity index (χ1) is 12.2. The van der Waals surface area contributed by atoms with E-state index < -0.39 is 32.0 Å². The van der Waals surface area contributed by atoms with Crippen LogP contribution in [0.5, 0.6) is 0 Å². The van der Waals surface area contributed by atoms with Gasteiger partial charge in [0.2, 0.25) is 0 Å². The zero-order chi connectivity index (χ0) is 19.1. The summed E-state index contributed by atoms with van der Waals surface area (Å²) >= 11 is 0. The van der Waals surface area contributed by atoms with Crippen molar-refractivity contribution in [3.8, 4) is 5.69 Å². The van der Waals surface area contributed by atoms with Gasteiger partial charge in [0.15, 0.2) is 9.84 Å². The summed E-state index contributed by atoms with van der Waals surface area (Å²) < 4.78 is 30.5. The highest BCUT2D eigenvalue weighted by Crippen LogP contribution is 2.31. The van der Waals surface area contributed by atoms with Crippen molar-refractivity contribution in [3.63, 3.8) is 0 Å². The number of benzene rings is 2. The van der Waals surface area contributed by atoms with E-state index in [1.54, 1.807) is 24.3 Å². The van der Waals surface area contributed by atoms with Gasteiger partial charge in [-0.1, -0.05) is 12.1 Å². The lowest BCUT2D eigenvalue weighted by Gasteiger charge is -2.12. The summed E-state index contributed by atoms with van der Waals surface area (Å²) in [6.07, 6.45) is 2.33. The molecule has 0 fully saturated rings. The van der Waals surface area contributed by atoms with Crippen LogP contribution in [-0.4, -0.2) is 42.2 Å². The Bertz CT molecular complexity index is 1150. The van der Waals surface area contributed by atoms with E-state index in [1.165, 1.54) is 10.9 Å². The third-order valence-electron chi connectivity index (χ3n) is 3.79. The summed E-state index contributed by atoms with van der Waals surface area (Å²) in [6, 6.07) is 8.93. The van der Waals surface area contributed by atoms with E-state index in [0.717, 1.165) is 25.5 Å². The Morgan fingerprint density at radius 2 is 1.96 bits per heavy atom. The van der Waals surface area contributed by atoms with Crippen LogP contribution in [0.3, 0.4) is 0 Å². The van der Waals surface area contributed by atoms with Gasteiger partial charge in [-0.05, 0) is 18.2 Å². The van der Waals surface area contributed by atoms with E-state index in [4.69, 9.17) is 0 Å². The lowest BCUT2D eigenvalue weighted by atomic mass is 10.1. The van der Waals surface area contributed by atoms with Gasteiger partial charge in [0.1, 0.15) is 11.9 Å². The number of ether oxygens (including phenoxy) is 1. The highest BCUT2D eigenvalue weighted by atomic mass is 32.2. The lowest BCUT2D eigenvalue weighted by molar-refractivity contribution is -0.385. The third kappa shape index (κ3) is 2.90. The fraction of sp³-hybridized carbons (Fsp3) is 0.125. The van der Waals surface area contributed by atoms with Gasteiger partial charge in [-0.2, -0.15) is 0 Å². The second-order valence-electron chi connectivity index (χ2n) is 5.46. The van der Waals surface area contributed by atoms with E-state index in [2.05, 4.69) is 9.72 Å². The fourth-order valence-corrected chi connectivity index (χ4v) is 3.49. The van der Waals surface area contributed by atoms with Crippen LogP contribution in [0.2, 0.25) is 0 Å². The molecule has 1 aromatic heterocycles. The quantitative estimate of drug-likeness (QED) is 0.389. The van der Waals surface area contributed by atoms with Gasteiger partial charge in [-0.25, -0.2) is 18.2 Å². The maximum Gasteiger partial charge on any atom is 0.344 e. The molecule has 0 saturated heterocycles. The summed E-state index contributed by atoms with van der Waals surface area (Å²) in [7, 11) is -2.75. The van der Waals surface area contributed by atoms with Crippen LogP contribution in [0.25, 0.3) is 16.7 Å². The zero-order valence-electron chi connectivity index (χ0n) is 13.7. The Labute approximate surface area is 147 Å². The molecule has 0 spiro atoms. The number of nitrogens with zero attached hydrogens (tertiary/aromatic N) is 3. The standard InChI is InChI=1S/C16H13N3O6S/c1-25-16(20)10-7-15(26(2,23)24)14(8-13(10)19(21)22)18-9-17-11-5-3-4-6-12(11)18/h3-9H,1-2H3. The number of fused-ring (bicyclic) bond motifs is 1. The van der Waals surface area contributed by atoms with Gasteiger partial charge < -0.3 is 4.74 Å². The van der Waals surface area contributed by atoms with E-state index in [1.807, 2.05) is 0 Å². The second-order valence-corrected chi connectivity index (χ2v) is 7.45. The average Bonchev–Trinajstić information content (AvgIpc) is 3.03. The van der Waals surface area contributed by atoms with Gasteiger partial charge in [-0.3, -0.25) is 14.7 Å². The molecule has 0 bridgehead atoms. The molecule has 0 aliphatic carbocycles. The SMILES string of the molecule is COC(=O)c1cc(S(C)(=O)=O)c(-n2cnc3ccccc32)cc1[N+](=O)[O-]. The minimum atomic E-state index is -3.81. The van der Waals surface area contributed by atoms with Gasteiger partial charge in [0.25, 0.3) is 5.69 Å². The molecule has 0 unspecified atom stereocenters. The van der Waals surface area contributed by atoms with Crippen LogP contribution >= 0.6 is 0 Å². The summed E-state index contributed by atoms with van der Waals surface area (Å²) in [5.74, 6) is -0.997. The van der Waals surface area contributed by atoms with Crippen molar-refractivity contribution in [2.24, 2.45) is 0 Å². The molecular weight excluding hydrogens is 362 g/mol.